The molecule has 27 heavy (non-hydrogen) atoms. The Morgan fingerprint density at radius 1 is 1.19 bits per heavy atom. The summed E-state index contributed by atoms with van der Waals surface area (Å²) in [5.41, 5.74) is -4.10. The number of rotatable bonds is 4. The van der Waals surface area contributed by atoms with Crippen LogP contribution in [-0.2, 0) is 17.5 Å². The Balaban J connectivity index is 2.04. The number of aromatic nitrogens is 2. The Morgan fingerprint density at radius 2 is 1.74 bits per heavy atom. The van der Waals surface area contributed by atoms with Gasteiger partial charge in [-0.15, -0.1) is 0 Å². The van der Waals surface area contributed by atoms with Gasteiger partial charge in [-0.25, -0.2) is 22.4 Å². The van der Waals surface area contributed by atoms with Crippen LogP contribution in [-0.4, -0.2) is 34.7 Å². The standard InChI is InChI=1S/C16H17F7N2O2/c1-13(5-15(19,20)6-13)7-25-11(12(26)27-2)9(16(21,22)23)10(24-25)8-3-14(17,18)4-8/h8H,3-7H2,1-2H3. The molecule has 0 N–H and O–H groups in total. The summed E-state index contributed by atoms with van der Waals surface area (Å²) in [7, 11) is 0.871. The summed E-state index contributed by atoms with van der Waals surface area (Å²) < 4.78 is 98.7. The first-order valence-electron chi connectivity index (χ1n) is 8.18. The van der Waals surface area contributed by atoms with Crippen LogP contribution in [0.15, 0.2) is 0 Å². The van der Waals surface area contributed by atoms with Crippen LogP contribution >= 0.6 is 0 Å². The molecule has 3 rings (SSSR count). The van der Waals surface area contributed by atoms with Gasteiger partial charge < -0.3 is 4.74 Å². The summed E-state index contributed by atoms with van der Waals surface area (Å²) in [5, 5.41) is 3.77. The first kappa shape index (κ1) is 19.9. The lowest BCUT2D eigenvalue weighted by Gasteiger charge is -2.44. The van der Waals surface area contributed by atoms with Crippen LogP contribution in [0.4, 0.5) is 30.7 Å². The second kappa shape index (κ2) is 5.84. The fourth-order valence-corrected chi connectivity index (χ4v) is 3.99. The van der Waals surface area contributed by atoms with Crippen molar-refractivity contribution in [3.63, 3.8) is 0 Å². The van der Waals surface area contributed by atoms with Gasteiger partial charge in [0.15, 0.2) is 5.69 Å². The van der Waals surface area contributed by atoms with Gasteiger partial charge in [0.2, 0.25) is 11.8 Å². The second-order valence-electron chi connectivity index (χ2n) is 7.74. The highest BCUT2D eigenvalue weighted by Crippen LogP contribution is 2.54. The quantitative estimate of drug-likeness (QED) is 0.545. The number of halogens is 7. The van der Waals surface area contributed by atoms with Gasteiger partial charge in [-0.05, 0) is 5.41 Å². The lowest BCUT2D eigenvalue weighted by molar-refractivity contribution is -0.160. The summed E-state index contributed by atoms with van der Waals surface area (Å²) in [5.74, 6) is -8.54. The molecule has 0 bridgehead atoms. The van der Waals surface area contributed by atoms with E-state index < -0.39 is 78.0 Å². The summed E-state index contributed by atoms with van der Waals surface area (Å²) >= 11 is 0. The van der Waals surface area contributed by atoms with E-state index in [0.29, 0.717) is 4.68 Å². The number of ether oxygens (including phenoxy) is 1. The minimum atomic E-state index is -5.04. The first-order chi connectivity index (χ1) is 12.2. The highest BCUT2D eigenvalue weighted by Gasteiger charge is 2.56. The smallest absolute Gasteiger partial charge is 0.420 e. The predicted octanol–water partition coefficient (Wildman–Crippen LogP) is 4.64. The van der Waals surface area contributed by atoms with Gasteiger partial charge in [-0.3, -0.25) is 4.68 Å². The predicted molar refractivity (Wildman–Crippen MR) is 77.8 cm³/mol. The van der Waals surface area contributed by atoms with E-state index in [2.05, 4.69) is 9.84 Å². The molecule has 1 aromatic rings. The third-order valence-corrected chi connectivity index (χ3v) is 5.02. The lowest BCUT2D eigenvalue weighted by Crippen LogP contribution is -2.47. The van der Waals surface area contributed by atoms with Crippen molar-refractivity contribution in [3.8, 4) is 0 Å². The maximum absolute atomic E-state index is 13.6. The molecule has 2 aliphatic rings. The fourth-order valence-electron chi connectivity index (χ4n) is 3.99. The minimum absolute atomic E-state index is 0.376. The second-order valence-corrected chi connectivity index (χ2v) is 7.74. The first-order valence-corrected chi connectivity index (χ1v) is 8.18. The molecular weight excluding hydrogens is 385 g/mol. The van der Waals surface area contributed by atoms with Gasteiger partial charge in [-0.1, -0.05) is 6.92 Å². The highest BCUT2D eigenvalue weighted by molar-refractivity contribution is 5.89. The van der Waals surface area contributed by atoms with Crippen LogP contribution in [0.3, 0.4) is 0 Å². The fraction of sp³-hybridized carbons (Fsp3) is 0.750. The van der Waals surface area contributed by atoms with E-state index >= 15 is 0 Å². The van der Waals surface area contributed by atoms with Crippen molar-refractivity contribution >= 4 is 5.97 Å². The average Bonchev–Trinajstić information content (AvgIpc) is 2.79. The number of hydrogen-bond donors (Lipinski definition) is 0. The third kappa shape index (κ3) is 3.64. The SMILES string of the molecule is COC(=O)c1c(C(F)(F)F)c(C2CC(F)(F)C2)nn1CC1(C)CC(F)(F)C1. The molecule has 152 valence electrons. The molecule has 2 saturated carbocycles. The summed E-state index contributed by atoms with van der Waals surface area (Å²) in [6.45, 7) is 1.07. The monoisotopic (exact) mass is 402 g/mol. The van der Waals surface area contributed by atoms with Crippen LogP contribution in [0.5, 0.6) is 0 Å². The van der Waals surface area contributed by atoms with Crippen molar-refractivity contribution in [1.29, 1.82) is 0 Å². The molecule has 2 aliphatic carbocycles. The van der Waals surface area contributed by atoms with Gasteiger partial charge in [0.1, 0.15) is 5.56 Å². The van der Waals surface area contributed by atoms with E-state index in [1.807, 2.05) is 0 Å². The summed E-state index contributed by atoms with van der Waals surface area (Å²) in [6.07, 6.45) is -7.81. The van der Waals surface area contributed by atoms with Crippen LogP contribution in [0.2, 0.25) is 0 Å². The van der Waals surface area contributed by atoms with E-state index in [1.54, 1.807) is 0 Å². The van der Waals surface area contributed by atoms with Crippen LogP contribution in [0.25, 0.3) is 0 Å². The van der Waals surface area contributed by atoms with E-state index in [4.69, 9.17) is 0 Å². The minimum Gasteiger partial charge on any atom is -0.464 e. The third-order valence-electron chi connectivity index (χ3n) is 5.02. The molecular formula is C16H17F7N2O2. The molecule has 0 aliphatic heterocycles. The highest BCUT2D eigenvalue weighted by atomic mass is 19.4. The van der Waals surface area contributed by atoms with Crippen molar-refractivity contribution in [2.45, 2.75) is 63.1 Å². The zero-order valence-electron chi connectivity index (χ0n) is 14.5. The molecule has 0 aromatic carbocycles. The number of carbonyl (C=O) groups excluding carboxylic acids is 1. The zero-order valence-corrected chi connectivity index (χ0v) is 14.5. The van der Waals surface area contributed by atoms with Gasteiger partial charge in [0, 0.05) is 38.1 Å². The number of esters is 1. The van der Waals surface area contributed by atoms with Crippen molar-refractivity contribution in [1.82, 2.24) is 9.78 Å². The summed E-state index contributed by atoms with van der Waals surface area (Å²) in [4.78, 5) is 12.0. The number of nitrogens with zero attached hydrogens (tertiary/aromatic N) is 2. The molecule has 0 atom stereocenters. The van der Waals surface area contributed by atoms with Gasteiger partial charge in [-0.2, -0.15) is 18.3 Å². The molecule has 0 amide bonds. The van der Waals surface area contributed by atoms with Gasteiger partial charge in [0.25, 0.3) is 0 Å². The maximum atomic E-state index is 13.6. The molecule has 0 unspecified atom stereocenters. The molecule has 4 nitrogen and oxygen atoms in total. The Morgan fingerprint density at radius 3 is 2.15 bits per heavy atom. The number of methoxy groups -OCH3 is 1. The molecule has 11 heteroatoms. The average molecular weight is 402 g/mol. The van der Waals surface area contributed by atoms with Crippen molar-refractivity contribution < 1.29 is 40.3 Å². The van der Waals surface area contributed by atoms with Crippen molar-refractivity contribution in [2.24, 2.45) is 5.41 Å². The van der Waals surface area contributed by atoms with Crippen LogP contribution < -0.4 is 0 Å². The largest absolute Gasteiger partial charge is 0.464 e. The Bertz CT molecular complexity index is 754. The lowest BCUT2D eigenvalue weighted by atomic mass is 9.67. The molecule has 0 spiro atoms. The molecule has 0 saturated heterocycles. The number of carbonyl (C=O) groups is 1. The zero-order chi connectivity index (χ0) is 20.4. The van der Waals surface area contributed by atoms with E-state index in [-0.39, 0.29) is 6.54 Å². The van der Waals surface area contributed by atoms with E-state index in [0.717, 1.165) is 7.11 Å². The Labute approximate surface area is 149 Å². The summed E-state index contributed by atoms with van der Waals surface area (Å²) in [6, 6.07) is 0. The molecule has 2 fully saturated rings. The molecule has 1 heterocycles. The van der Waals surface area contributed by atoms with Gasteiger partial charge >= 0.3 is 12.1 Å². The molecule has 0 radical (unpaired) electrons. The maximum Gasteiger partial charge on any atom is 0.420 e. The number of hydrogen-bond acceptors (Lipinski definition) is 3. The number of alkyl halides is 7. The van der Waals surface area contributed by atoms with E-state index in [1.165, 1.54) is 6.92 Å². The van der Waals surface area contributed by atoms with Gasteiger partial charge in [0.05, 0.1) is 12.8 Å². The van der Waals surface area contributed by atoms with Crippen LogP contribution in [0, 0.1) is 5.41 Å². The molecule has 1 aromatic heterocycles. The topological polar surface area (TPSA) is 44.1 Å². The van der Waals surface area contributed by atoms with Crippen LogP contribution in [0.1, 0.15) is 60.3 Å². The Kier molecular flexibility index (Phi) is 4.31. The van der Waals surface area contributed by atoms with E-state index in [9.17, 15) is 35.5 Å². The normalized spacial score (nSPS) is 23.4. The van der Waals surface area contributed by atoms with Crippen molar-refractivity contribution in [2.75, 3.05) is 7.11 Å². The van der Waals surface area contributed by atoms with Crippen molar-refractivity contribution in [3.05, 3.63) is 17.0 Å². The Hall–Kier alpha value is -1.81.